The molecule has 1 unspecified atom stereocenters. The highest BCUT2D eigenvalue weighted by Gasteiger charge is 2.06. The van der Waals surface area contributed by atoms with Crippen LogP contribution in [0, 0.1) is 5.82 Å². The molecule has 2 N–H and O–H groups in total. The molecule has 4 nitrogen and oxygen atoms in total. The van der Waals surface area contributed by atoms with E-state index in [1.165, 1.54) is 12.1 Å². The highest BCUT2D eigenvalue weighted by atomic mass is 32.2. The minimum atomic E-state index is -3.86. The molecule has 1 aromatic rings. The molecule has 0 aromatic heterocycles. The first kappa shape index (κ1) is 15.1. The van der Waals surface area contributed by atoms with Crippen LogP contribution in [0.4, 0.5) is 4.39 Å². The van der Waals surface area contributed by atoms with E-state index in [2.05, 4.69) is 5.32 Å². The highest BCUT2D eigenvalue weighted by Crippen LogP contribution is 2.14. The molecular formula is C12H18FNO3S. The third-order valence-electron chi connectivity index (χ3n) is 2.65. The zero-order valence-electron chi connectivity index (χ0n) is 10.3. The van der Waals surface area contributed by atoms with E-state index < -0.39 is 10.1 Å². The standard InChI is InChI=1S/C12H18FNO3S/c1-10(11-3-5-12(13)6-4-11)9-14-7-2-8-18(15,16)17/h3-6,10,14H,2,7-9H2,1H3,(H,15,16,17). The third kappa shape index (κ3) is 6.09. The Bertz CT molecular complexity index is 459. The van der Waals surface area contributed by atoms with Gasteiger partial charge in [-0.3, -0.25) is 4.55 Å². The summed E-state index contributed by atoms with van der Waals surface area (Å²) in [4.78, 5) is 0. The van der Waals surface area contributed by atoms with Crippen molar-refractivity contribution in [3.8, 4) is 0 Å². The van der Waals surface area contributed by atoms with Gasteiger partial charge in [-0.1, -0.05) is 19.1 Å². The lowest BCUT2D eigenvalue weighted by molar-refractivity contribution is 0.479. The largest absolute Gasteiger partial charge is 0.316 e. The Morgan fingerprint density at radius 2 is 1.94 bits per heavy atom. The van der Waals surface area contributed by atoms with Crippen molar-refractivity contribution in [3.63, 3.8) is 0 Å². The van der Waals surface area contributed by atoms with Crippen molar-refractivity contribution in [1.29, 1.82) is 0 Å². The fourth-order valence-electron chi connectivity index (χ4n) is 1.61. The van der Waals surface area contributed by atoms with Crippen LogP contribution < -0.4 is 5.32 Å². The van der Waals surface area contributed by atoms with Crippen LogP contribution in [0.5, 0.6) is 0 Å². The second kappa shape index (κ2) is 6.82. The third-order valence-corrected chi connectivity index (χ3v) is 3.45. The van der Waals surface area contributed by atoms with Gasteiger partial charge < -0.3 is 5.32 Å². The van der Waals surface area contributed by atoms with Gasteiger partial charge in [0.05, 0.1) is 5.75 Å². The van der Waals surface area contributed by atoms with Crippen LogP contribution in [0.1, 0.15) is 24.8 Å². The van der Waals surface area contributed by atoms with E-state index in [0.29, 0.717) is 19.5 Å². The monoisotopic (exact) mass is 275 g/mol. The summed E-state index contributed by atoms with van der Waals surface area (Å²) >= 11 is 0. The van der Waals surface area contributed by atoms with E-state index in [0.717, 1.165) is 5.56 Å². The summed E-state index contributed by atoms with van der Waals surface area (Å²) in [5.41, 5.74) is 1.03. The van der Waals surface area contributed by atoms with Crippen LogP contribution in [0.15, 0.2) is 24.3 Å². The Morgan fingerprint density at radius 3 is 2.50 bits per heavy atom. The Labute approximate surface area is 107 Å². The maximum Gasteiger partial charge on any atom is 0.264 e. The fourth-order valence-corrected chi connectivity index (χ4v) is 2.12. The van der Waals surface area contributed by atoms with Gasteiger partial charge in [0, 0.05) is 6.54 Å². The molecule has 0 amide bonds. The second-order valence-corrected chi connectivity index (χ2v) is 5.87. The zero-order valence-corrected chi connectivity index (χ0v) is 11.1. The molecule has 0 heterocycles. The minimum absolute atomic E-state index is 0.219. The quantitative estimate of drug-likeness (QED) is 0.588. The van der Waals surface area contributed by atoms with Crippen LogP contribution in [0.2, 0.25) is 0 Å². The first-order valence-electron chi connectivity index (χ1n) is 5.80. The lowest BCUT2D eigenvalue weighted by atomic mass is 10.0. The van der Waals surface area contributed by atoms with Gasteiger partial charge in [0.25, 0.3) is 10.1 Å². The van der Waals surface area contributed by atoms with Crippen molar-refractivity contribution in [2.24, 2.45) is 0 Å². The van der Waals surface area contributed by atoms with Gasteiger partial charge in [0.15, 0.2) is 0 Å². The van der Waals surface area contributed by atoms with Gasteiger partial charge in [0.2, 0.25) is 0 Å². The zero-order chi connectivity index (χ0) is 13.6. The van der Waals surface area contributed by atoms with Crippen LogP contribution in [0.3, 0.4) is 0 Å². The summed E-state index contributed by atoms with van der Waals surface area (Å²) < 4.78 is 42.2. The summed E-state index contributed by atoms with van der Waals surface area (Å²) in [7, 11) is -3.86. The number of benzene rings is 1. The molecule has 0 spiro atoms. The molecule has 0 saturated carbocycles. The van der Waals surface area contributed by atoms with E-state index in [9.17, 15) is 12.8 Å². The number of hydrogen-bond acceptors (Lipinski definition) is 3. The van der Waals surface area contributed by atoms with Crippen LogP contribution >= 0.6 is 0 Å². The van der Waals surface area contributed by atoms with E-state index in [4.69, 9.17) is 4.55 Å². The first-order valence-corrected chi connectivity index (χ1v) is 7.41. The lowest BCUT2D eigenvalue weighted by Crippen LogP contribution is -2.23. The Hall–Kier alpha value is -0.980. The number of halogens is 1. The maximum absolute atomic E-state index is 12.7. The van der Waals surface area contributed by atoms with E-state index in [-0.39, 0.29) is 17.5 Å². The van der Waals surface area contributed by atoms with E-state index >= 15 is 0 Å². The number of nitrogens with one attached hydrogen (secondary N) is 1. The van der Waals surface area contributed by atoms with Crippen molar-refractivity contribution in [3.05, 3.63) is 35.6 Å². The number of hydrogen-bond donors (Lipinski definition) is 2. The minimum Gasteiger partial charge on any atom is -0.316 e. The molecule has 102 valence electrons. The highest BCUT2D eigenvalue weighted by molar-refractivity contribution is 7.85. The molecule has 0 bridgehead atoms. The SMILES string of the molecule is CC(CNCCCS(=O)(=O)O)c1ccc(F)cc1. The van der Waals surface area contributed by atoms with E-state index in [1.807, 2.05) is 6.92 Å². The van der Waals surface area contributed by atoms with Crippen molar-refractivity contribution in [1.82, 2.24) is 5.32 Å². The molecule has 0 aliphatic carbocycles. The molecular weight excluding hydrogens is 257 g/mol. The second-order valence-electron chi connectivity index (χ2n) is 4.30. The summed E-state index contributed by atoms with van der Waals surface area (Å²) in [6.45, 7) is 3.20. The molecule has 6 heteroatoms. The summed E-state index contributed by atoms with van der Waals surface area (Å²) in [5.74, 6) is -0.270. The van der Waals surface area contributed by atoms with Gasteiger partial charge in [-0.05, 0) is 36.6 Å². The van der Waals surface area contributed by atoms with Gasteiger partial charge >= 0.3 is 0 Å². The summed E-state index contributed by atoms with van der Waals surface area (Å²) in [5, 5.41) is 3.10. The van der Waals surface area contributed by atoms with Crippen LogP contribution in [-0.4, -0.2) is 31.8 Å². The van der Waals surface area contributed by atoms with Crippen molar-refractivity contribution >= 4 is 10.1 Å². The van der Waals surface area contributed by atoms with Gasteiger partial charge in [-0.15, -0.1) is 0 Å². The van der Waals surface area contributed by atoms with Gasteiger partial charge in [-0.2, -0.15) is 8.42 Å². The molecule has 0 aliphatic heterocycles. The molecule has 0 radical (unpaired) electrons. The van der Waals surface area contributed by atoms with E-state index in [1.54, 1.807) is 12.1 Å². The topological polar surface area (TPSA) is 66.4 Å². The van der Waals surface area contributed by atoms with Crippen molar-refractivity contribution in [2.45, 2.75) is 19.3 Å². The lowest BCUT2D eigenvalue weighted by Gasteiger charge is -2.12. The Kier molecular flexibility index (Phi) is 5.71. The summed E-state index contributed by atoms with van der Waals surface area (Å²) in [6, 6.07) is 6.31. The first-order chi connectivity index (χ1) is 8.38. The average Bonchev–Trinajstić information content (AvgIpc) is 2.27. The fraction of sp³-hybridized carbons (Fsp3) is 0.500. The predicted octanol–water partition coefficient (Wildman–Crippen LogP) is 1.80. The average molecular weight is 275 g/mol. The Morgan fingerprint density at radius 1 is 1.33 bits per heavy atom. The molecule has 18 heavy (non-hydrogen) atoms. The Balaban J connectivity index is 2.25. The normalized spacial score (nSPS) is 13.5. The molecule has 0 fully saturated rings. The molecule has 1 rings (SSSR count). The van der Waals surface area contributed by atoms with Crippen molar-refractivity contribution in [2.75, 3.05) is 18.8 Å². The van der Waals surface area contributed by atoms with Crippen molar-refractivity contribution < 1.29 is 17.4 Å². The molecule has 1 atom stereocenters. The van der Waals surface area contributed by atoms with Gasteiger partial charge in [0.1, 0.15) is 5.82 Å². The number of rotatable bonds is 7. The van der Waals surface area contributed by atoms with Gasteiger partial charge in [-0.25, -0.2) is 4.39 Å². The molecule has 0 saturated heterocycles. The maximum atomic E-state index is 12.7. The predicted molar refractivity (Wildman–Crippen MR) is 68.7 cm³/mol. The smallest absolute Gasteiger partial charge is 0.264 e. The van der Waals surface area contributed by atoms with Crippen LogP contribution in [-0.2, 0) is 10.1 Å². The molecule has 0 aliphatic rings. The van der Waals surface area contributed by atoms with Crippen LogP contribution in [0.25, 0.3) is 0 Å². The summed E-state index contributed by atoms with van der Waals surface area (Å²) in [6.07, 6.45) is 0.370. The molecule has 1 aromatic carbocycles.